The molecule has 0 aliphatic heterocycles. The molecule has 0 unspecified atom stereocenters. The lowest BCUT2D eigenvalue weighted by Crippen LogP contribution is -2.10. The summed E-state index contributed by atoms with van der Waals surface area (Å²) in [7, 11) is 3.50. The lowest BCUT2D eigenvalue weighted by atomic mass is 9.88. The molecule has 0 bridgehead atoms. The van der Waals surface area contributed by atoms with Crippen molar-refractivity contribution in [2.45, 2.75) is 39.5 Å². The molecule has 6 rings (SSSR count). The number of hydrogen-bond donors (Lipinski definition) is 2. The summed E-state index contributed by atoms with van der Waals surface area (Å²) in [6.45, 7) is 4.14. The summed E-state index contributed by atoms with van der Waals surface area (Å²) >= 11 is 0. The highest BCUT2D eigenvalue weighted by atomic mass is 16.4. The zero-order valence-corrected chi connectivity index (χ0v) is 20.8. The number of aromatic nitrogens is 4. The van der Waals surface area contributed by atoms with E-state index in [2.05, 4.69) is 48.3 Å². The average molecular weight is 485 g/mol. The number of rotatable bonds is 2. The van der Waals surface area contributed by atoms with E-state index in [1.54, 1.807) is 18.8 Å². The Labute approximate surface area is 208 Å². The molecule has 2 aliphatic carbocycles. The van der Waals surface area contributed by atoms with Crippen LogP contribution in [0.2, 0.25) is 0 Å². The molecule has 0 saturated carbocycles. The van der Waals surface area contributed by atoms with Crippen molar-refractivity contribution >= 4 is 11.9 Å². The SMILES string of the molecule is Cc1ccc2c(c1)CCc1c(C(=O)O)nn(C)c1-2.Cc1ccc2c(c1)CCc1c-2nn(C)c1C(=O)O. The number of carbonyl (C=O) groups is 2. The Morgan fingerprint density at radius 2 is 1.33 bits per heavy atom. The van der Waals surface area contributed by atoms with Crippen LogP contribution in [0.1, 0.15) is 54.4 Å². The molecule has 0 radical (unpaired) electrons. The first kappa shape index (κ1) is 23.5. The van der Waals surface area contributed by atoms with Crippen molar-refractivity contribution in [1.29, 1.82) is 0 Å². The molecule has 2 aromatic carbocycles. The Morgan fingerprint density at radius 1 is 0.750 bits per heavy atom. The lowest BCUT2D eigenvalue weighted by Gasteiger charge is -2.18. The van der Waals surface area contributed by atoms with Crippen LogP contribution in [0, 0.1) is 13.8 Å². The summed E-state index contributed by atoms with van der Waals surface area (Å²) in [6, 6.07) is 12.5. The molecule has 2 aromatic heterocycles. The third kappa shape index (κ3) is 3.88. The summed E-state index contributed by atoms with van der Waals surface area (Å²) in [6.07, 6.45) is 3.27. The summed E-state index contributed by atoms with van der Waals surface area (Å²) in [5, 5.41) is 26.9. The van der Waals surface area contributed by atoms with Crippen molar-refractivity contribution in [3.8, 4) is 22.5 Å². The third-order valence-electron chi connectivity index (χ3n) is 7.02. The minimum absolute atomic E-state index is 0.193. The number of aryl methyl sites for hydroxylation is 6. The first-order valence-electron chi connectivity index (χ1n) is 11.9. The second-order valence-corrected chi connectivity index (χ2v) is 9.53. The Hall–Kier alpha value is -4.20. The standard InChI is InChI=1S/2C14H14N2O2/c1-8-3-5-10-9(7-8)4-6-11-12(14(17)18)15-16(2)13(10)11;1-8-3-5-10-9(7-8)4-6-11-12(10)15-16(2)13(11)14(17)18/h2*3,5,7H,4,6H2,1-2H3,(H,17,18). The second-order valence-electron chi connectivity index (χ2n) is 9.53. The van der Waals surface area contributed by atoms with Gasteiger partial charge in [-0.05, 0) is 50.7 Å². The van der Waals surface area contributed by atoms with Crippen LogP contribution in [0.3, 0.4) is 0 Å². The van der Waals surface area contributed by atoms with E-state index in [-0.39, 0.29) is 5.69 Å². The van der Waals surface area contributed by atoms with Crippen molar-refractivity contribution in [2.75, 3.05) is 0 Å². The molecule has 0 atom stereocenters. The smallest absolute Gasteiger partial charge is 0.356 e. The predicted molar refractivity (Wildman–Crippen MR) is 135 cm³/mol. The van der Waals surface area contributed by atoms with Gasteiger partial charge in [0, 0.05) is 36.3 Å². The highest BCUT2D eigenvalue weighted by Gasteiger charge is 2.28. The fourth-order valence-corrected chi connectivity index (χ4v) is 5.44. The van der Waals surface area contributed by atoms with Gasteiger partial charge in [-0.25, -0.2) is 9.59 Å². The van der Waals surface area contributed by atoms with E-state index in [0.29, 0.717) is 5.69 Å². The van der Waals surface area contributed by atoms with E-state index in [9.17, 15) is 19.8 Å². The van der Waals surface area contributed by atoms with Gasteiger partial charge in [0.15, 0.2) is 5.69 Å². The Morgan fingerprint density at radius 3 is 1.94 bits per heavy atom. The second kappa shape index (κ2) is 8.78. The van der Waals surface area contributed by atoms with Crippen molar-refractivity contribution in [3.05, 3.63) is 81.2 Å². The van der Waals surface area contributed by atoms with Crippen LogP contribution in [0.4, 0.5) is 0 Å². The summed E-state index contributed by atoms with van der Waals surface area (Å²) < 4.78 is 3.16. The number of carboxylic acid groups (broad SMARTS) is 2. The Balaban J connectivity index is 0.000000148. The first-order valence-corrected chi connectivity index (χ1v) is 11.9. The number of fused-ring (bicyclic) bond motifs is 6. The Bertz CT molecular complexity index is 1540. The molecule has 36 heavy (non-hydrogen) atoms. The molecule has 2 aliphatic rings. The minimum Gasteiger partial charge on any atom is -0.477 e. The fraction of sp³-hybridized carbons (Fsp3) is 0.286. The van der Waals surface area contributed by atoms with Gasteiger partial charge in [0.1, 0.15) is 5.69 Å². The molecular formula is C28H28N4O4. The van der Waals surface area contributed by atoms with E-state index in [4.69, 9.17) is 0 Å². The number of nitrogens with zero attached hydrogens (tertiary/aromatic N) is 4. The molecule has 2 heterocycles. The summed E-state index contributed by atoms with van der Waals surface area (Å²) in [5.74, 6) is -1.84. The summed E-state index contributed by atoms with van der Waals surface area (Å²) in [4.78, 5) is 22.4. The molecule has 0 spiro atoms. The van der Waals surface area contributed by atoms with Crippen molar-refractivity contribution in [3.63, 3.8) is 0 Å². The molecular weight excluding hydrogens is 456 g/mol. The zero-order valence-electron chi connectivity index (χ0n) is 20.8. The molecule has 0 saturated heterocycles. The van der Waals surface area contributed by atoms with Crippen LogP contribution in [0.5, 0.6) is 0 Å². The van der Waals surface area contributed by atoms with Gasteiger partial charge >= 0.3 is 11.9 Å². The molecule has 8 heteroatoms. The molecule has 4 aromatic rings. The van der Waals surface area contributed by atoms with E-state index in [0.717, 1.165) is 59.3 Å². The highest BCUT2D eigenvalue weighted by molar-refractivity contribution is 5.91. The van der Waals surface area contributed by atoms with Crippen LogP contribution in [-0.4, -0.2) is 41.7 Å². The van der Waals surface area contributed by atoms with Gasteiger partial charge in [0.25, 0.3) is 0 Å². The van der Waals surface area contributed by atoms with Crippen molar-refractivity contribution < 1.29 is 19.8 Å². The first-order chi connectivity index (χ1) is 17.2. The van der Waals surface area contributed by atoms with Gasteiger partial charge in [0.2, 0.25) is 0 Å². The van der Waals surface area contributed by atoms with Gasteiger partial charge in [-0.2, -0.15) is 10.2 Å². The monoisotopic (exact) mass is 484 g/mol. The van der Waals surface area contributed by atoms with Crippen LogP contribution in [-0.2, 0) is 39.8 Å². The van der Waals surface area contributed by atoms with Gasteiger partial charge in [-0.3, -0.25) is 9.36 Å². The highest BCUT2D eigenvalue weighted by Crippen LogP contribution is 2.36. The van der Waals surface area contributed by atoms with E-state index in [1.807, 2.05) is 12.1 Å². The molecule has 8 nitrogen and oxygen atoms in total. The van der Waals surface area contributed by atoms with Crippen molar-refractivity contribution in [1.82, 2.24) is 19.6 Å². The molecule has 2 N–H and O–H groups in total. The van der Waals surface area contributed by atoms with E-state index >= 15 is 0 Å². The van der Waals surface area contributed by atoms with E-state index in [1.165, 1.54) is 26.9 Å². The third-order valence-corrected chi connectivity index (χ3v) is 7.02. The van der Waals surface area contributed by atoms with Crippen LogP contribution < -0.4 is 0 Å². The maximum Gasteiger partial charge on any atom is 0.356 e. The van der Waals surface area contributed by atoms with Gasteiger partial charge < -0.3 is 10.2 Å². The Kier molecular flexibility index (Phi) is 5.74. The molecule has 0 fully saturated rings. The lowest BCUT2D eigenvalue weighted by molar-refractivity contribution is 0.0675. The molecule has 0 amide bonds. The van der Waals surface area contributed by atoms with Crippen LogP contribution in [0.15, 0.2) is 36.4 Å². The number of hydrogen-bond acceptors (Lipinski definition) is 4. The van der Waals surface area contributed by atoms with Crippen LogP contribution in [0.25, 0.3) is 22.5 Å². The predicted octanol–water partition coefficient (Wildman–Crippen LogP) is 4.38. The number of carboxylic acids is 2. The van der Waals surface area contributed by atoms with Gasteiger partial charge in [0.05, 0.1) is 11.4 Å². The number of aromatic carboxylic acids is 2. The van der Waals surface area contributed by atoms with Crippen LogP contribution >= 0.6 is 0 Å². The maximum absolute atomic E-state index is 11.3. The topological polar surface area (TPSA) is 110 Å². The van der Waals surface area contributed by atoms with E-state index < -0.39 is 11.9 Å². The van der Waals surface area contributed by atoms with Gasteiger partial charge in [-0.15, -0.1) is 0 Å². The molecule has 184 valence electrons. The largest absolute Gasteiger partial charge is 0.477 e. The van der Waals surface area contributed by atoms with Gasteiger partial charge in [-0.1, -0.05) is 47.5 Å². The zero-order chi connectivity index (χ0) is 25.7. The maximum atomic E-state index is 11.3. The fourth-order valence-electron chi connectivity index (χ4n) is 5.44. The number of benzene rings is 2. The minimum atomic E-state index is -0.942. The van der Waals surface area contributed by atoms with Crippen molar-refractivity contribution in [2.24, 2.45) is 14.1 Å². The summed E-state index contributed by atoms with van der Waals surface area (Å²) in [5.41, 5.74) is 11.2. The normalized spacial score (nSPS) is 13.0. The average Bonchev–Trinajstić information content (AvgIpc) is 3.35. The quantitative estimate of drug-likeness (QED) is 0.437.